The molecule has 3 amide bonds. The minimum Gasteiger partial charge on any atom is -0.340 e. The van der Waals surface area contributed by atoms with E-state index in [4.69, 9.17) is 15.0 Å². The molecule has 13 heterocycles. The van der Waals surface area contributed by atoms with Crippen molar-refractivity contribution >= 4 is 17.7 Å². The zero-order chi connectivity index (χ0) is 45.8. The van der Waals surface area contributed by atoms with Crippen molar-refractivity contribution in [2.75, 3.05) is 0 Å². The second-order valence-corrected chi connectivity index (χ2v) is 19.6. The number of amides is 3. The molecule has 3 aromatic heterocycles. The number of rotatable bonds is 3. The summed E-state index contributed by atoms with van der Waals surface area (Å²) in [6.45, 7) is 13.5. The van der Waals surface area contributed by atoms with Gasteiger partial charge in [-0.05, 0) is 87.1 Å². The summed E-state index contributed by atoms with van der Waals surface area (Å²) < 4.78 is 5.96. The number of hydrogen-bond donors (Lipinski definition) is 3. The summed E-state index contributed by atoms with van der Waals surface area (Å²) in [4.78, 5) is 59.0. The van der Waals surface area contributed by atoms with Gasteiger partial charge in [-0.25, -0.2) is 15.0 Å². The van der Waals surface area contributed by atoms with Crippen LogP contribution in [-0.2, 0) is 38.9 Å². The van der Waals surface area contributed by atoms with Crippen molar-refractivity contribution in [2.24, 2.45) is 17.8 Å². The molecule has 66 heavy (non-hydrogen) atoms. The van der Waals surface area contributed by atoms with Gasteiger partial charge in [0.15, 0.2) is 0 Å². The minimum absolute atomic E-state index is 0.118. The Kier molecular flexibility index (Phi) is 11.3. The lowest BCUT2D eigenvalue weighted by atomic mass is 9.93. The lowest BCUT2D eigenvalue weighted by Crippen LogP contribution is -2.36. The standard InChI is InChI=1S/C54H57N9O3/c1-31(2)46-49-55-44-28-61(49)25-37-13-7-34(8-14-37)19-40-22-41-20-35-9-15-38(16-10-35)26-62-29-43(52(64)58-46)56-50(62)47(32(3)4)60-54(66)45-30-63(51(57-45)48(33(5)6)59-53(44)65)27-39-17-11-36(12-18-39)21-42(23-40)24-41/h7-18,22-24,28-33,46-48H,19-21,25-27H2,1-6H3,(H,58,64)(H,59,65)(H,60,66). The topological polar surface area (TPSA) is 141 Å². The molecule has 3 N–H and O–H groups in total. The molecule has 18 bridgehead atoms. The molecule has 12 heteroatoms. The van der Waals surface area contributed by atoms with Gasteiger partial charge in [-0.15, -0.1) is 0 Å². The van der Waals surface area contributed by atoms with E-state index in [1.54, 1.807) is 18.6 Å². The first-order valence-electron chi connectivity index (χ1n) is 23.3. The first-order valence-corrected chi connectivity index (χ1v) is 23.3. The van der Waals surface area contributed by atoms with Gasteiger partial charge in [0, 0.05) is 38.2 Å². The molecule has 7 aromatic rings. The van der Waals surface area contributed by atoms with Gasteiger partial charge in [-0.1, -0.05) is 133 Å². The lowest BCUT2D eigenvalue weighted by Gasteiger charge is -2.23. The first-order chi connectivity index (χ1) is 31.8. The molecule has 0 radical (unpaired) electrons. The van der Waals surface area contributed by atoms with Gasteiger partial charge < -0.3 is 29.7 Å². The van der Waals surface area contributed by atoms with Crippen molar-refractivity contribution in [2.45, 2.75) is 98.6 Å². The Morgan fingerprint density at radius 2 is 0.636 bits per heavy atom. The molecule has 0 spiro atoms. The van der Waals surface area contributed by atoms with Gasteiger partial charge in [0.25, 0.3) is 17.7 Å². The van der Waals surface area contributed by atoms with E-state index in [-0.39, 0.29) is 52.6 Å². The normalized spacial score (nSPS) is 18.5. The van der Waals surface area contributed by atoms with Gasteiger partial charge >= 0.3 is 0 Å². The molecule has 0 aliphatic carbocycles. The van der Waals surface area contributed by atoms with Crippen LogP contribution in [0.5, 0.6) is 0 Å². The average molecular weight is 880 g/mol. The Morgan fingerprint density at radius 3 is 0.879 bits per heavy atom. The quantitative estimate of drug-likeness (QED) is 0.163. The maximum absolute atomic E-state index is 14.6. The number of carbonyl (C=O) groups excluding carboxylic acids is 3. The van der Waals surface area contributed by atoms with E-state index in [0.717, 1.165) is 36.0 Å². The molecule has 17 rings (SSSR count). The number of carbonyl (C=O) groups is 3. The molecule has 10 aliphatic heterocycles. The average Bonchev–Trinajstić information content (AvgIpc) is 4.02. The maximum atomic E-state index is 14.6. The smallest absolute Gasteiger partial charge is 0.272 e. The van der Waals surface area contributed by atoms with Gasteiger partial charge in [0.05, 0.1) is 18.1 Å². The number of aromatic nitrogens is 6. The molecule has 4 aromatic carbocycles. The van der Waals surface area contributed by atoms with Crippen molar-refractivity contribution in [1.29, 1.82) is 0 Å². The van der Waals surface area contributed by atoms with E-state index in [1.807, 2.05) is 55.2 Å². The lowest BCUT2D eigenvalue weighted by molar-refractivity contribution is 0.0913. The van der Waals surface area contributed by atoms with Gasteiger partial charge in [-0.3, -0.25) is 14.4 Å². The van der Waals surface area contributed by atoms with Crippen LogP contribution >= 0.6 is 0 Å². The van der Waals surface area contributed by atoms with Crippen molar-refractivity contribution in [3.05, 3.63) is 194 Å². The third-order valence-electron chi connectivity index (χ3n) is 13.3. The van der Waals surface area contributed by atoms with Crippen molar-refractivity contribution < 1.29 is 14.4 Å². The molecule has 0 saturated carbocycles. The second-order valence-electron chi connectivity index (χ2n) is 19.6. The van der Waals surface area contributed by atoms with Crippen LogP contribution in [0.2, 0.25) is 0 Å². The fraction of sp³-hybridized carbons (Fsp3) is 0.333. The van der Waals surface area contributed by atoms with Gasteiger partial charge in [0.2, 0.25) is 0 Å². The molecule has 3 atom stereocenters. The summed E-state index contributed by atoms with van der Waals surface area (Å²) in [5.74, 6) is 0.184. The highest BCUT2D eigenvalue weighted by Crippen LogP contribution is 2.30. The van der Waals surface area contributed by atoms with E-state index >= 15 is 0 Å². The molecule has 3 unspecified atom stereocenters. The highest BCUT2D eigenvalue weighted by Gasteiger charge is 2.33. The number of benzene rings is 4. The van der Waals surface area contributed by atoms with E-state index in [0.29, 0.717) is 37.1 Å². The number of hydrogen-bond acceptors (Lipinski definition) is 6. The minimum atomic E-state index is -0.589. The number of nitrogens with one attached hydrogen (secondary N) is 3. The predicted octanol–water partition coefficient (Wildman–Crippen LogP) is 8.51. The number of imidazole rings is 3. The van der Waals surface area contributed by atoms with Crippen LogP contribution in [0.15, 0.2) is 110 Å². The third-order valence-corrected chi connectivity index (χ3v) is 13.3. The Bertz CT molecular complexity index is 2620. The fourth-order valence-corrected chi connectivity index (χ4v) is 9.71. The van der Waals surface area contributed by atoms with Crippen LogP contribution in [0.25, 0.3) is 0 Å². The second kappa shape index (κ2) is 17.4. The molecule has 0 fully saturated rings. The van der Waals surface area contributed by atoms with Crippen molar-refractivity contribution in [3.63, 3.8) is 0 Å². The summed E-state index contributed by atoms with van der Waals surface area (Å²) in [5, 5.41) is 9.85. The number of nitrogens with zero attached hydrogens (tertiary/aromatic N) is 6. The van der Waals surface area contributed by atoms with Gasteiger partial charge in [-0.2, -0.15) is 0 Å². The molecular formula is C54H57N9O3. The largest absolute Gasteiger partial charge is 0.340 e. The first kappa shape index (κ1) is 42.8. The summed E-state index contributed by atoms with van der Waals surface area (Å²) in [7, 11) is 0. The molecule has 12 nitrogen and oxygen atoms in total. The van der Waals surface area contributed by atoms with Crippen molar-refractivity contribution in [1.82, 2.24) is 44.6 Å². The predicted molar refractivity (Wildman–Crippen MR) is 253 cm³/mol. The molecule has 0 saturated heterocycles. The zero-order valence-corrected chi connectivity index (χ0v) is 38.5. The van der Waals surface area contributed by atoms with Crippen LogP contribution in [0, 0.1) is 17.8 Å². The highest BCUT2D eigenvalue weighted by molar-refractivity contribution is 5.94. The SMILES string of the molecule is CC(C)C1NC(=O)c2cn3c(n2)C(C(C)C)NC(=O)c2cn4c(n2)C(C(C)C)NC(=O)c2cn(c1n2)Cc1ccc(cc1)Cc1cc(cc(c1)Cc1ccc(cc1)C4)Cc1ccc(cc1)C3. The van der Waals surface area contributed by atoms with Crippen LogP contribution < -0.4 is 16.0 Å². The van der Waals surface area contributed by atoms with Crippen molar-refractivity contribution in [3.8, 4) is 0 Å². The Balaban J connectivity index is 1.24. The van der Waals surface area contributed by atoms with Crippen LogP contribution in [0.3, 0.4) is 0 Å². The van der Waals surface area contributed by atoms with E-state index in [9.17, 15) is 14.4 Å². The van der Waals surface area contributed by atoms with Crippen LogP contribution in [-0.4, -0.2) is 46.4 Å². The van der Waals surface area contributed by atoms with E-state index < -0.39 is 18.1 Å². The summed E-state index contributed by atoms with van der Waals surface area (Å²) in [5.41, 5.74) is 11.1. The van der Waals surface area contributed by atoms with Crippen LogP contribution in [0.1, 0.15) is 159 Å². The van der Waals surface area contributed by atoms with Crippen LogP contribution in [0.4, 0.5) is 0 Å². The summed E-state index contributed by atoms with van der Waals surface area (Å²) >= 11 is 0. The molecule has 10 aliphatic rings. The maximum Gasteiger partial charge on any atom is 0.272 e. The molecule has 336 valence electrons. The Hall–Kier alpha value is -7.08. The summed E-state index contributed by atoms with van der Waals surface area (Å²) in [6.07, 6.45) is 7.68. The van der Waals surface area contributed by atoms with E-state index in [2.05, 4.69) is 107 Å². The van der Waals surface area contributed by atoms with Gasteiger partial charge in [0.1, 0.15) is 34.6 Å². The monoisotopic (exact) mass is 879 g/mol. The van der Waals surface area contributed by atoms with E-state index in [1.165, 1.54) is 33.4 Å². The zero-order valence-electron chi connectivity index (χ0n) is 38.5. The Labute approximate surface area is 385 Å². The Morgan fingerprint density at radius 1 is 0.394 bits per heavy atom. The molecular weight excluding hydrogens is 823 g/mol. The highest BCUT2D eigenvalue weighted by atomic mass is 16.2. The fourth-order valence-electron chi connectivity index (χ4n) is 9.71. The third kappa shape index (κ3) is 8.71. The summed E-state index contributed by atoms with van der Waals surface area (Å²) in [6, 6.07) is 31.2.